The smallest absolute Gasteiger partial charge is 0.319 e. The summed E-state index contributed by atoms with van der Waals surface area (Å²) in [6.07, 6.45) is 2.72. The molecular formula is C17H21N5O3S. The zero-order valence-corrected chi connectivity index (χ0v) is 15.5. The summed E-state index contributed by atoms with van der Waals surface area (Å²) in [6.45, 7) is 4.41. The molecule has 9 heteroatoms. The number of ketones is 1. The van der Waals surface area contributed by atoms with Crippen LogP contribution in [0, 0.1) is 0 Å². The summed E-state index contributed by atoms with van der Waals surface area (Å²) < 4.78 is 5.95. The molecule has 3 N–H and O–H groups in total. The molecule has 2 amide bonds. The number of urea groups is 1. The minimum Gasteiger partial charge on any atom is -0.486 e. The van der Waals surface area contributed by atoms with E-state index in [0.717, 1.165) is 11.4 Å². The summed E-state index contributed by atoms with van der Waals surface area (Å²) in [6, 6.07) is 4.80. The fourth-order valence-electron chi connectivity index (χ4n) is 2.60. The lowest BCUT2D eigenvalue weighted by Gasteiger charge is -2.34. The number of rotatable bonds is 6. The molecule has 0 radical (unpaired) electrons. The van der Waals surface area contributed by atoms with Crippen LogP contribution in [-0.2, 0) is 0 Å². The molecule has 0 saturated heterocycles. The molecule has 2 heterocycles. The average Bonchev–Trinajstić information content (AvgIpc) is 3.13. The molecular weight excluding hydrogens is 354 g/mol. The van der Waals surface area contributed by atoms with Crippen molar-refractivity contribution < 1.29 is 14.3 Å². The number of hydrogen-bond acceptors (Lipinski definition) is 6. The van der Waals surface area contributed by atoms with E-state index in [9.17, 15) is 9.59 Å². The number of aromatic amines is 1. The molecule has 0 bridgehead atoms. The summed E-state index contributed by atoms with van der Waals surface area (Å²) in [5.41, 5.74) is 0.607. The van der Waals surface area contributed by atoms with E-state index in [1.165, 1.54) is 11.8 Å². The zero-order chi connectivity index (χ0) is 18.6. The van der Waals surface area contributed by atoms with E-state index in [-0.39, 0.29) is 11.8 Å². The van der Waals surface area contributed by atoms with E-state index in [1.807, 2.05) is 13.8 Å². The SMILES string of the molecule is CC[C@]1(C)CC(=O)c2cc(NC(=O)NCCSc3cn[nH]n3)ccc2O1. The molecule has 1 aromatic carbocycles. The van der Waals surface area contributed by atoms with Gasteiger partial charge in [0.05, 0.1) is 18.2 Å². The molecule has 1 aliphatic rings. The van der Waals surface area contributed by atoms with Crippen molar-refractivity contribution in [2.45, 2.75) is 37.3 Å². The lowest BCUT2D eigenvalue weighted by Crippen LogP contribution is -2.38. The van der Waals surface area contributed by atoms with Crippen molar-refractivity contribution in [3.8, 4) is 5.75 Å². The summed E-state index contributed by atoms with van der Waals surface area (Å²) in [7, 11) is 0. The number of anilines is 1. The molecule has 138 valence electrons. The number of amides is 2. The maximum Gasteiger partial charge on any atom is 0.319 e. The monoisotopic (exact) mass is 375 g/mol. The predicted octanol–water partition coefficient (Wildman–Crippen LogP) is 2.85. The highest BCUT2D eigenvalue weighted by molar-refractivity contribution is 7.99. The summed E-state index contributed by atoms with van der Waals surface area (Å²) in [4.78, 5) is 24.4. The van der Waals surface area contributed by atoms with Crippen LogP contribution >= 0.6 is 11.8 Å². The molecule has 1 aromatic heterocycles. The molecule has 3 rings (SSSR count). The summed E-state index contributed by atoms with van der Waals surface area (Å²) in [5.74, 6) is 1.27. The van der Waals surface area contributed by atoms with E-state index >= 15 is 0 Å². The number of carbonyl (C=O) groups excluding carboxylic acids is 2. The minimum absolute atomic E-state index is 0.0312. The molecule has 8 nitrogen and oxygen atoms in total. The van der Waals surface area contributed by atoms with Gasteiger partial charge in [-0.05, 0) is 31.5 Å². The Bertz CT molecular complexity index is 796. The van der Waals surface area contributed by atoms with E-state index in [4.69, 9.17) is 4.74 Å². The number of nitrogens with zero attached hydrogens (tertiary/aromatic N) is 2. The van der Waals surface area contributed by atoms with E-state index in [0.29, 0.717) is 35.7 Å². The zero-order valence-electron chi connectivity index (χ0n) is 14.7. The Kier molecular flexibility index (Phi) is 5.46. The molecule has 1 aliphatic heterocycles. The van der Waals surface area contributed by atoms with Crippen LogP contribution in [0.5, 0.6) is 5.75 Å². The Labute approximate surface area is 155 Å². The Balaban J connectivity index is 1.53. The third-order valence-corrected chi connectivity index (χ3v) is 5.11. The number of ether oxygens (including phenoxy) is 1. The van der Waals surface area contributed by atoms with Crippen LogP contribution in [0.15, 0.2) is 29.4 Å². The highest BCUT2D eigenvalue weighted by atomic mass is 32.2. The van der Waals surface area contributed by atoms with Crippen molar-refractivity contribution in [2.75, 3.05) is 17.6 Å². The first-order chi connectivity index (χ1) is 12.5. The van der Waals surface area contributed by atoms with Crippen molar-refractivity contribution in [3.05, 3.63) is 30.0 Å². The van der Waals surface area contributed by atoms with Crippen LogP contribution in [0.4, 0.5) is 10.5 Å². The first-order valence-corrected chi connectivity index (χ1v) is 9.37. The van der Waals surface area contributed by atoms with E-state index in [1.54, 1.807) is 24.4 Å². The molecule has 2 aromatic rings. The highest BCUT2D eigenvalue weighted by Gasteiger charge is 2.35. The van der Waals surface area contributed by atoms with Crippen LogP contribution in [0.1, 0.15) is 37.0 Å². The first-order valence-electron chi connectivity index (χ1n) is 8.39. The minimum atomic E-state index is -0.460. The normalized spacial score (nSPS) is 18.8. The summed E-state index contributed by atoms with van der Waals surface area (Å²) in [5, 5.41) is 16.4. The predicted molar refractivity (Wildman–Crippen MR) is 98.8 cm³/mol. The van der Waals surface area contributed by atoms with Crippen molar-refractivity contribution in [1.29, 1.82) is 0 Å². The van der Waals surface area contributed by atoms with Crippen molar-refractivity contribution in [1.82, 2.24) is 20.7 Å². The number of fused-ring (bicyclic) bond motifs is 1. The van der Waals surface area contributed by atoms with Gasteiger partial charge >= 0.3 is 6.03 Å². The third-order valence-electron chi connectivity index (χ3n) is 4.21. The Morgan fingerprint density at radius 3 is 3.04 bits per heavy atom. The van der Waals surface area contributed by atoms with Gasteiger partial charge in [0.2, 0.25) is 0 Å². The van der Waals surface area contributed by atoms with E-state index < -0.39 is 5.60 Å². The fourth-order valence-corrected chi connectivity index (χ4v) is 3.25. The van der Waals surface area contributed by atoms with Crippen LogP contribution in [0.25, 0.3) is 0 Å². The lowest BCUT2D eigenvalue weighted by atomic mass is 9.89. The average molecular weight is 375 g/mol. The Morgan fingerprint density at radius 2 is 2.31 bits per heavy atom. The Hall–Kier alpha value is -2.55. The van der Waals surface area contributed by atoms with Crippen molar-refractivity contribution in [2.24, 2.45) is 0 Å². The highest BCUT2D eigenvalue weighted by Crippen LogP contribution is 2.36. The quantitative estimate of drug-likeness (QED) is 0.529. The standard InChI is InChI=1S/C17H21N5O3S/c1-3-17(2)9-13(23)12-8-11(4-5-14(12)25-17)20-16(24)18-6-7-26-15-10-19-22-21-15/h4-5,8,10H,3,6-7,9H2,1-2H3,(H2,18,20,24)(H,19,21,22)/t17-/m1/s1. The molecule has 1 atom stereocenters. The largest absolute Gasteiger partial charge is 0.486 e. The van der Waals surface area contributed by atoms with Gasteiger partial charge in [-0.25, -0.2) is 4.79 Å². The van der Waals surface area contributed by atoms with Crippen LogP contribution in [0.3, 0.4) is 0 Å². The number of nitrogens with one attached hydrogen (secondary N) is 3. The number of aromatic nitrogens is 3. The lowest BCUT2D eigenvalue weighted by molar-refractivity contribution is 0.0499. The van der Waals surface area contributed by atoms with Gasteiger partial charge in [0, 0.05) is 18.0 Å². The van der Waals surface area contributed by atoms with Gasteiger partial charge in [0.1, 0.15) is 16.4 Å². The van der Waals surface area contributed by atoms with Crippen LogP contribution < -0.4 is 15.4 Å². The van der Waals surface area contributed by atoms with Crippen LogP contribution in [-0.4, -0.2) is 45.1 Å². The van der Waals surface area contributed by atoms with Crippen molar-refractivity contribution >= 4 is 29.3 Å². The van der Waals surface area contributed by atoms with Gasteiger partial charge in [-0.15, -0.1) is 16.9 Å². The van der Waals surface area contributed by atoms with Gasteiger partial charge in [-0.1, -0.05) is 6.92 Å². The molecule has 0 fully saturated rings. The molecule has 0 spiro atoms. The Morgan fingerprint density at radius 1 is 1.46 bits per heavy atom. The molecule has 26 heavy (non-hydrogen) atoms. The number of benzene rings is 1. The molecule has 0 saturated carbocycles. The molecule has 0 unspecified atom stereocenters. The van der Waals surface area contributed by atoms with E-state index in [2.05, 4.69) is 26.0 Å². The topological polar surface area (TPSA) is 109 Å². The fraction of sp³-hybridized carbons (Fsp3) is 0.412. The number of H-pyrrole nitrogens is 1. The van der Waals surface area contributed by atoms with Crippen LogP contribution in [0.2, 0.25) is 0 Å². The second kappa shape index (κ2) is 7.77. The maximum atomic E-state index is 12.4. The van der Waals surface area contributed by atoms with Crippen molar-refractivity contribution in [3.63, 3.8) is 0 Å². The number of thioether (sulfide) groups is 1. The first kappa shape index (κ1) is 18.2. The number of hydrogen-bond donors (Lipinski definition) is 3. The van der Waals surface area contributed by atoms with Gasteiger partial charge in [0.25, 0.3) is 0 Å². The third kappa shape index (κ3) is 4.34. The molecule has 0 aliphatic carbocycles. The maximum absolute atomic E-state index is 12.4. The number of Topliss-reactive ketones (excluding diaryl/α,β-unsaturated/α-hetero) is 1. The van der Waals surface area contributed by atoms with Gasteiger partial charge < -0.3 is 15.4 Å². The van der Waals surface area contributed by atoms with Gasteiger partial charge in [-0.3, -0.25) is 4.79 Å². The number of carbonyl (C=O) groups is 2. The second-order valence-electron chi connectivity index (χ2n) is 6.25. The van der Waals surface area contributed by atoms with Gasteiger partial charge in [0.15, 0.2) is 5.78 Å². The van der Waals surface area contributed by atoms with Gasteiger partial charge in [-0.2, -0.15) is 10.3 Å². The summed E-state index contributed by atoms with van der Waals surface area (Å²) >= 11 is 1.49. The second-order valence-corrected chi connectivity index (χ2v) is 7.37.